The van der Waals surface area contributed by atoms with Crippen LogP contribution in [0.5, 0.6) is 0 Å². The molecule has 0 aromatic heterocycles. The Morgan fingerprint density at radius 2 is 0.811 bits per heavy atom. The zero-order valence-corrected chi connectivity index (χ0v) is 20.1. The molecule has 180 valence electrons. The molecule has 37 heavy (non-hydrogen) atoms. The molecular weight excluding hydrogens is 466 g/mol. The SMILES string of the molecule is Cc1ccc2c(c1)C(=O)N(c1ccc(Nc3ccc(N4C(=O)c5ccc(C)cc5C4=O)cc3)cc1)C2=O. The van der Waals surface area contributed by atoms with Crippen molar-refractivity contribution in [3.05, 3.63) is 118 Å². The number of benzene rings is 4. The summed E-state index contributed by atoms with van der Waals surface area (Å²) in [5, 5.41) is 3.26. The van der Waals surface area contributed by atoms with E-state index >= 15 is 0 Å². The topological polar surface area (TPSA) is 86.8 Å². The fourth-order valence-corrected chi connectivity index (χ4v) is 4.73. The zero-order valence-electron chi connectivity index (χ0n) is 20.1. The van der Waals surface area contributed by atoms with Gasteiger partial charge in [-0.15, -0.1) is 0 Å². The maximum Gasteiger partial charge on any atom is 0.266 e. The fourth-order valence-electron chi connectivity index (χ4n) is 4.73. The minimum Gasteiger partial charge on any atom is -0.356 e. The second-order valence-corrected chi connectivity index (χ2v) is 9.21. The van der Waals surface area contributed by atoms with E-state index in [2.05, 4.69) is 5.32 Å². The van der Waals surface area contributed by atoms with Gasteiger partial charge in [-0.05, 0) is 86.6 Å². The van der Waals surface area contributed by atoms with Crippen molar-refractivity contribution in [3.8, 4) is 0 Å². The molecule has 1 N–H and O–H groups in total. The van der Waals surface area contributed by atoms with Crippen molar-refractivity contribution in [1.29, 1.82) is 0 Å². The number of amides is 4. The van der Waals surface area contributed by atoms with E-state index in [1.165, 1.54) is 9.80 Å². The lowest BCUT2D eigenvalue weighted by Gasteiger charge is -2.16. The van der Waals surface area contributed by atoms with Crippen molar-refractivity contribution >= 4 is 46.4 Å². The lowest BCUT2D eigenvalue weighted by atomic mass is 10.1. The van der Waals surface area contributed by atoms with Crippen LogP contribution in [0.3, 0.4) is 0 Å². The summed E-state index contributed by atoms with van der Waals surface area (Å²) in [5.41, 5.74) is 5.98. The van der Waals surface area contributed by atoms with Crippen molar-refractivity contribution in [2.24, 2.45) is 0 Å². The van der Waals surface area contributed by atoms with E-state index in [4.69, 9.17) is 0 Å². The molecule has 0 saturated heterocycles. The van der Waals surface area contributed by atoms with E-state index in [0.29, 0.717) is 33.6 Å². The first-order chi connectivity index (χ1) is 17.8. The van der Waals surface area contributed by atoms with Gasteiger partial charge in [0.05, 0.1) is 33.6 Å². The number of anilines is 4. The Morgan fingerprint density at radius 3 is 1.19 bits per heavy atom. The predicted octanol–water partition coefficient (Wildman–Crippen LogP) is 5.65. The van der Waals surface area contributed by atoms with Crippen molar-refractivity contribution in [2.75, 3.05) is 15.1 Å². The smallest absolute Gasteiger partial charge is 0.266 e. The zero-order chi connectivity index (χ0) is 25.8. The molecule has 2 heterocycles. The van der Waals surface area contributed by atoms with Gasteiger partial charge in [0.2, 0.25) is 0 Å². The standard InChI is InChI=1S/C30H21N3O4/c1-17-3-13-23-25(15-17)29(36)32(27(23)34)21-9-5-19(6-10-21)31-20-7-11-22(12-8-20)33-28(35)24-14-4-18(2)16-26(24)30(33)37/h3-16,31H,1-2H3. The Balaban J connectivity index is 1.18. The highest BCUT2D eigenvalue weighted by atomic mass is 16.2. The highest BCUT2D eigenvalue weighted by Crippen LogP contribution is 2.32. The van der Waals surface area contributed by atoms with Crippen LogP contribution in [0.4, 0.5) is 22.7 Å². The first kappa shape index (κ1) is 22.4. The Bertz CT molecular complexity index is 1520. The third-order valence-electron chi connectivity index (χ3n) is 6.62. The number of rotatable bonds is 4. The fraction of sp³-hybridized carbons (Fsp3) is 0.0667. The Morgan fingerprint density at radius 1 is 0.459 bits per heavy atom. The summed E-state index contributed by atoms with van der Waals surface area (Å²) in [7, 11) is 0. The number of fused-ring (bicyclic) bond motifs is 2. The van der Waals surface area contributed by atoms with Gasteiger partial charge in [-0.3, -0.25) is 19.2 Å². The Hall–Kier alpha value is -5.04. The van der Waals surface area contributed by atoms with Gasteiger partial charge in [-0.1, -0.05) is 23.3 Å². The van der Waals surface area contributed by atoms with E-state index in [0.717, 1.165) is 22.5 Å². The maximum atomic E-state index is 12.8. The summed E-state index contributed by atoms with van der Waals surface area (Å²) in [6.07, 6.45) is 0. The number of aryl methyl sites for hydroxylation is 2. The minimum atomic E-state index is -0.334. The van der Waals surface area contributed by atoms with Crippen LogP contribution in [0, 0.1) is 13.8 Å². The number of nitrogens with one attached hydrogen (secondary N) is 1. The van der Waals surface area contributed by atoms with Crippen LogP contribution in [0.15, 0.2) is 84.9 Å². The number of hydrogen-bond acceptors (Lipinski definition) is 5. The molecule has 0 saturated carbocycles. The summed E-state index contributed by atoms with van der Waals surface area (Å²) < 4.78 is 0. The largest absolute Gasteiger partial charge is 0.356 e. The van der Waals surface area contributed by atoms with Crippen LogP contribution in [-0.4, -0.2) is 23.6 Å². The molecular formula is C30H21N3O4. The van der Waals surface area contributed by atoms with Gasteiger partial charge < -0.3 is 5.32 Å². The van der Waals surface area contributed by atoms with E-state index in [1.807, 2.05) is 26.0 Å². The highest BCUT2D eigenvalue weighted by Gasteiger charge is 2.37. The quantitative estimate of drug-likeness (QED) is 0.376. The summed E-state index contributed by atoms with van der Waals surface area (Å²) in [4.78, 5) is 53.7. The minimum absolute atomic E-state index is 0.330. The molecule has 0 atom stereocenters. The molecule has 6 rings (SSSR count). The lowest BCUT2D eigenvalue weighted by Crippen LogP contribution is -2.29. The maximum absolute atomic E-state index is 12.8. The van der Waals surface area contributed by atoms with Crippen LogP contribution in [0.1, 0.15) is 52.6 Å². The molecule has 2 aliphatic rings. The van der Waals surface area contributed by atoms with E-state index < -0.39 is 0 Å². The highest BCUT2D eigenvalue weighted by molar-refractivity contribution is 6.35. The van der Waals surface area contributed by atoms with Gasteiger partial charge in [0.15, 0.2) is 0 Å². The molecule has 7 heteroatoms. The van der Waals surface area contributed by atoms with Crippen molar-refractivity contribution < 1.29 is 19.2 Å². The number of hydrogen-bond donors (Lipinski definition) is 1. The van der Waals surface area contributed by atoms with E-state index in [1.54, 1.807) is 72.8 Å². The summed E-state index contributed by atoms with van der Waals surface area (Å²) in [5.74, 6) is -1.33. The average Bonchev–Trinajstić information content (AvgIpc) is 3.28. The summed E-state index contributed by atoms with van der Waals surface area (Å²) in [6, 6.07) is 24.5. The van der Waals surface area contributed by atoms with Crippen LogP contribution in [0.2, 0.25) is 0 Å². The van der Waals surface area contributed by atoms with Gasteiger partial charge in [0.25, 0.3) is 23.6 Å². The van der Waals surface area contributed by atoms with Gasteiger partial charge in [-0.2, -0.15) is 0 Å². The lowest BCUT2D eigenvalue weighted by molar-refractivity contribution is 0.0910. The monoisotopic (exact) mass is 487 g/mol. The predicted molar refractivity (Wildman–Crippen MR) is 141 cm³/mol. The number of carbonyl (C=O) groups is 4. The molecule has 0 bridgehead atoms. The third-order valence-corrected chi connectivity index (χ3v) is 6.62. The van der Waals surface area contributed by atoms with Crippen LogP contribution in [-0.2, 0) is 0 Å². The molecule has 7 nitrogen and oxygen atoms in total. The van der Waals surface area contributed by atoms with Gasteiger partial charge in [0, 0.05) is 11.4 Å². The molecule has 0 spiro atoms. The van der Waals surface area contributed by atoms with Crippen LogP contribution in [0.25, 0.3) is 0 Å². The average molecular weight is 488 g/mol. The summed E-state index contributed by atoms with van der Waals surface area (Å²) >= 11 is 0. The van der Waals surface area contributed by atoms with E-state index in [9.17, 15) is 19.2 Å². The third kappa shape index (κ3) is 3.60. The number of carbonyl (C=O) groups excluding carboxylic acids is 4. The molecule has 2 aliphatic heterocycles. The first-order valence-electron chi connectivity index (χ1n) is 11.8. The molecule has 4 aromatic rings. The normalized spacial score (nSPS) is 14.3. The second kappa shape index (κ2) is 8.27. The Labute approximate surface area is 212 Å². The van der Waals surface area contributed by atoms with E-state index in [-0.39, 0.29) is 23.6 Å². The van der Waals surface area contributed by atoms with Crippen molar-refractivity contribution in [1.82, 2.24) is 0 Å². The van der Waals surface area contributed by atoms with Crippen molar-refractivity contribution in [2.45, 2.75) is 13.8 Å². The molecule has 0 fully saturated rings. The second-order valence-electron chi connectivity index (χ2n) is 9.21. The molecule has 0 aliphatic carbocycles. The van der Waals surface area contributed by atoms with Gasteiger partial charge in [-0.25, -0.2) is 9.80 Å². The summed E-state index contributed by atoms with van der Waals surface area (Å²) in [6.45, 7) is 3.77. The van der Waals surface area contributed by atoms with Gasteiger partial charge >= 0.3 is 0 Å². The van der Waals surface area contributed by atoms with Crippen molar-refractivity contribution in [3.63, 3.8) is 0 Å². The molecule has 0 unspecified atom stereocenters. The number of nitrogens with zero attached hydrogens (tertiary/aromatic N) is 2. The number of imide groups is 2. The van der Waals surface area contributed by atoms with Gasteiger partial charge in [0.1, 0.15) is 0 Å². The molecule has 4 amide bonds. The van der Waals surface area contributed by atoms with Crippen LogP contribution >= 0.6 is 0 Å². The molecule has 0 radical (unpaired) electrons. The first-order valence-corrected chi connectivity index (χ1v) is 11.8. The molecule has 4 aromatic carbocycles. The van der Waals surface area contributed by atoms with Crippen LogP contribution < -0.4 is 15.1 Å². The Kier molecular flexibility index (Phi) is 5.01.